The van der Waals surface area contributed by atoms with Gasteiger partial charge in [-0.3, -0.25) is 19.7 Å². The van der Waals surface area contributed by atoms with E-state index < -0.39 is 172 Å². The first kappa shape index (κ1) is 63.5. The maximum atomic E-state index is 13.9. The second-order valence-electron chi connectivity index (χ2n) is 19.3. The fourth-order valence-electron chi connectivity index (χ4n) is 9.17. The number of unbranched alkanes of at least 4 members (excludes halogenated alkanes) is 2. The highest BCUT2D eigenvalue weighted by Gasteiger charge is 2.52. The fraction of sp³-hybridized carbons (Fsp3) is 0.708. The Morgan fingerprint density at radius 2 is 1.05 bits per heavy atom. The van der Waals surface area contributed by atoms with Crippen LogP contribution in [0.5, 0.6) is 0 Å². The minimum atomic E-state index is -1.99. The van der Waals surface area contributed by atoms with Gasteiger partial charge in [-0.25, -0.2) is 0 Å². The van der Waals surface area contributed by atoms with Crippen LogP contribution in [0.2, 0.25) is 0 Å². The number of nitrogens with one attached hydrogen (secondary N) is 2. The van der Waals surface area contributed by atoms with Gasteiger partial charge in [-0.05, 0) is 56.2 Å². The summed E-state index contributed by atoms with van der Waals surface area (Å²) >= 11 is 0. The van der Waals surface area contributed by atoms with Crippen molar-refractivity contribution in [3.8, 4) is 0 Å². The number of carbonyl (C=O) groups is 2. The van der Waals surface area contributed by atoms with E-state index in [-0.39, 0.29) is 18.5 Å². The van der Waals surface area contributed by atoms with Gasteiger partial charge in [-0.2, -0.15) is 10.2 Å². The van der Waals surface area contributed by atoms with Gasteiger partial charge in [0.15, 0.2) is 25.2 Å². The van der Waals surface area contributed by atoms with Crippen LogP contribution in [0.3, 0.4) is 0 Å². The van der Waals surface area contributed by atoms with E-state index in [9.17, 15) is 91.2 Å². The third kappa shape index (κ3) is 16.3. The highest BCUT2D eigenvalue weighted by Crippen LogP contribution is 2.31. The van der Waals surface area contributed by atoms with Crippen LogP contribution in [0.15, 0.2) is 58.8 Å². The first-order valence-electron chi connectivity index (χ1n) is 25.6. The Kier molecular flexibility index (Phi) is 24.0. The number of carbonyl (C=O) groups excluding carboxylic acids is 2. The molecular formula is C48H72N6O25. The zero-order valence-electron chi connectivity index (χ0n) is 42.8. The Balaban J connectivity index is 1.05. The molecule has 4 fully saturated rings. The number of aliphatic hydroxyl groups excluding tert-OH is 14. The van der Waals surface area contributed by atoms with Gasteiger partial charge >= 0.3 is 0 Å². The van der Waals surface area contributed by atoms with Crippen LogP contribution in [-0.2, 0) is 42.7 Å². The molecule has 31 nitrogen and oxygen atoms in total. The van der Waals surface area contributed by atoms with Gasteiger partial charge in [-0.1, -0.05) is 12.8 Å². The molecule has 0 bridgehead atoms. The first-order valence-corrected chi connectivity index (χ1v) is 25.6. The van der Waals surface area contributed by atoms with Crippen LogP contribution in [0.1, 0.15) is 32.6 Å². The molecule has 4 heterocycles. The molecule has 0 aromatic heterocycles. The number of likely N-dealkylation sites (N-methyl/N-ethyl adjacent to an activating group) is 1. The summed E-state index contributed by atoms with van der Waals surface area (Å²) in [7, 11) is 0. The number of hydrogen-bond acceptors (Lipinski definition) is 28. The second kappa shape index (κ2) is 29.9. The number of anilines is 1. The Morgan fingerprint density at radius 3 is 1.48 bits per heavy atom. The Morgan fingerprint density at radius 1 is 0.595 bits per heavy atom. The summed E-state index contributed by atoms with van der Waals surface area (Å²) in [5.41, 5.74) is 1.84. The molecule has 16 N–H and O–H groups in total. The Labute approximate surface area is 451 Å². The van der Waals surface area contributed by atoms with Crippen molar-refractivity contribution in [1.29, 1.82) is 0 Å². The predicted molar refractivity (Wildman–Crippen MR) is 263 cm³/mol. The molecule has 4 saturated heterocycles. The van der Waals surface area contributed by atoms with Crippen LogP contribution in [0, 0.1) is 16.0 Å². The van der Waals surface area contributed by atoms with E-state index in [1.165, 1.54) is 24.3 Å². The fourth-order valence-corrected chi connectivity index (χ4v) is 9.17. The number of benzene rings is 2. The van der Waals surface area contributed by atoms with E-state index in [1.807, 2.05) is 19.1 Å². The van der Waals surface area contributed by atoms with E-state index in [2.05, 4.69) is 25.8 Å². The standard InChI is InChI=1S/C48H72N6O25/c1-2-53(24-11-7-22(8-12-24)51-52-23-9-13-25(14-10-23)54(71)72)15-17-73-16-5-3-4-6-26(43(67)49-18-27-31(57)33(59)39(65)47(76-27)78-41-29(20-55)74-45(69)37(63)35(41)61)44(68)50-19-28-32(58)34(60)40(66)48(77-28)79-42-30(21-56)75-46(70)38(64)36(42)62/h7-14,26-42,45-48,55-66,69-70H,2-6,15-21H2,1H3,(H,49,67)(H,50,68)/t26?,27-,28-,29-,30-,31+,32+,33+,34+,35-,36-,37-,38-,39-,40-,41-,42-,45?,46?,47+,48+/m1/s1. The Bertz CT molecular complexity index is 2160. The molecule has 0 saturated carbocycles. The van der Waals surface area contributed by atoms with Gasteiger partial charge in [0.2, 0.25) is 11.8 Å². The number of amides is 2. The molecule has 79 heavy (non-hydrogen) atoms. The molecule has 31 heteroatoms. The zero-order chi connectivity index (χ0) is 57.7. The van der Waals surface area contributed by atoms with Crippen LogP contribution in [-0.4, -0.2) is 264 Å². The van der Waals surface area contributed by atoms with Gasteiger partial charge < -0.3 is 120 Å². The zero-order valence-corrected chi connectivity index (χ0v) is 42.8. The van der Waals surface area contributed by atoms with Gasteiger partial charge in [-0.15, -0.1) is 0 Å². The van der Waals surface area contributed by atoms with E-state index in [1.54, 1.807) is 12.1 Å². The average Bonchev–Trinajstić information content (AvgIpc) is 3.45. The maximum absolute atomic E-state index is 13.9. The quantitative estimate of drug-likeness (QED) is 0.0137. The number of azo groups is 1. The molecule has 4 aliphatic heterocycles. The minimum Gasteiger partial charge on any atom is -0.394 e. The lowest BCUT2D eigenvalue weighted by molar-refractivity contribution is -0.384. The summed E-state index contributed by atoms with van der Waals surface area (Å²) in [6, 6.07) is 12.9. The molecule has 2 unspecified atom stereocenters. The molecule has 444 valence electrons. The first-order chi connectivity index (χ1) is 37.7. The smallest absolute Gasteiger partial charge is 0.269 e. The lowest BCUT2D eigenvalue weighted by atomic mass is 9.95. The van der Waals surface area contributed by atoms with Crippen LogP contribution in [0.4, 0.5) is 22.7 Å². The minimum absolute atomic E-state index is 0.0610. The number of rotatable bonds is 26. The molecule has 2 amide bonds. The molecule has 4 aliphatic rings. The summed E-state index contributed by atoms with van der Waals surface area (Å²) in [4.78, 5) is 40.4. The third-order valence-corrected chi connectivity index (χ3v) is 13.9. The van der Waals surface area contributed by atoms with E-state index >= 15 is 0 Å². The SMILES string of the molecule is CCN(CCOCCCCCC(C(=O)NC[C@H]1O[C@@H](O[C@H]2[C@H](O)[C@@H](O)C(O)O[C@@H]2CO)[C@H](O)[C@@H](O)[C@H]1O)C(=O)NC[C@H]1O[C@@H](O[C@H]2[C@H](O)[C@@H](O)C(O)O[C@@H]2CO)[C@H](O)[C@@H](O)[C@H]1O)c1ccc(N=Nc2ccc([N+](=O)[O-])cc2)cc1. The highest BCUT2D eigenvalue weighted by atomic mass is 16.7. The summed E-state index contributed by atoms with van der Waals surface area (Å²) < 4.78 is 38.6. The maximum Gasteiger partial charge on any atom is 0.269 e. The van der Waals surface area contributed by atoms with E-state index in [4.69, 9.17) is 33.2 Å². The number of nitrogens with zero attached hydrogens (tertiary/aromatic N) is 4. The molecule has 20 atom stereocenters. The topological polar surface area (TPSA) is 477 Å². The van der Waals surface area contributed by atoms with E-state index in [0.717, 1.165) is 5.69 Å². The van der Waals surface area contributed by atoms with Gasteiger partial charge in [0.05, 0.1) is 36.1 Å². The number of hydrogen-bond donors (Lipinski definition) is 16. The average molecular weight is 1130 g/mol. The van der Waals surface area contributed by atoms with E-state index in [0.29, 0.717) is 50.5 Å². The molecular weight excluding hydrogens is 1060 g/mol. The molecule has 0 radical (unpaired) electrons. The van der Waals surface area contributed by atoms with Crippen LogP contribution >= 0.6 is 0 Å². The highest BCUT2D eigenvalue weighted by molar-refractivity contribution is 6.00. The van der Waals surface area contributed by atoms with Crippen molar-refractivity contribution < 1.29 is 119 Å². The van der Waals surface area contributed by atoms with Crippen LogP contribution < -0.4 is 15.5 Å². The number of nitro benzene ring substituents is 1. The molecule has 2 aromatic rings. The molecule has 6 rings (SSSR count). The van der Waals surface area contributed by atoms with Crippen molar-refractivity contribution in [3.63, 3.8) is 0 Å². The monoisotopic (exact) mass is 1130 g/mol. The van der Waals surface area contributed by atoms with Crippen molar-refractivity contribution in [2.75, 3.05) is 57.5 Å². The Hall–Kier alpha value is -4.66. The molecule has 0 aliphatic carbocycles. The normalized spacial score (nSPS) is 35.4. The summed E-state index contributed by atoms with van der Waals surface area (Å²) in [5.74, 6) is -3.41. The lowest BCUT2D eigenvalue weighted by Gasteiger charge is -2.45. The molecule has 0 spiro atoms. The van der Waals surface area contributed by atoms with Crippen molar-refractivity contribution in [2.24, 2.45) is 16.1 Å². The van der Waals surface area contributed by atoms with Gasteiger partial charge in [0, 0.05) is 50.6 Å². The van der Waals surface area contributed by atoms with Crippen LogP contribution in [0.25, 0.3) is 0 Å². The number of nitro groups is 1. The van der Waals surface area contributed by atoms with Crippen molar-refractivity contribution >= 4 is 34.6 Å². The lowest BCUT2D eigenvalue weighted by Crippen LogP contribution is -2.65. The number of non-ortho nitro benzene ring substituents is 1. The summed E-state index contributed by atoms with van der Waals surface area (Å²) in [6.45, 7) is 0.831. The number of aliphatic hydroxyl groups is 14. The van der Waals surface area contributed by atoms with Crippen molar-refractivity contribution in [3.05, 3.63) is 58.6 Å². The third-order valence-electron chi connectivity index (χ3n) is 13.9. The summed E-state index contributed by atoms with van der Waals surface area (Å²) in [6.07, 6.45) is -35.3. The van der Waals surface area contributed by atoms with Crippen molar-refractivity contribution in [2.45, 2.75) is 155 Å². The van der Waals surface area contributed by atoms with Crippen molar-refractivity contribution in [1.82, 2.24) is 10.6 Å². The second-order valence-corrected chi connectivity index (χ2v) is 19.3. The van der Waals surface area contributed by atoms with Gasteiger partial charge in [0.1, 0.15) is 104 Å². The largest absolute Gasteiger partial charge is 0.394 e. The molecule has 2 aromatic carbocycles. The number of ether oxygens (including phenoxy) is 7. The summed E-state index contributed by atoms with van der Waals surface area (Å²) in [5, 5.41) is 170. The van der Waals surface area contributed by atoms with Gasteiger partial charge in [0.25, 0.3) is 5.69 Å². The predicted octanol–water partition coefficient (Wildman–Crippen LogP) is -5.49.